The summed E-state index contributed by atoms with van der Waals surface area (Å²) in [5, 5.41) is 1.34. The van der Waals surface area contributed by atoms with Gasteiger partial charge in [0.2, 0.25) is 0 Å². The standard InChI is InChI=1S/C44H32N2/c1-2-14-30(15-3-1)46(28-29-13-12-24-42-43(29)36-19-7-11-23-41(36)45-42)31-25-26-35-34-18-6-10-22-39(34)44(40(35)27-31)37-20-8-4-16-32(37)33-17-5-9-21-38(33)44/h1-12,14-27,29,45H,13,28H2. The Kier molecular flexibility index (Phi) is 5.42. The molecular formula is C44H32N2. The number of benzene rings is 6. The van der Waals surface area contributed by atoms with Crippen molar-refractivity contribution in [2.75, 3.05) is 11.4 Å². The van der Waals surface area contributed by atoms with Crippen LogP contribution < -0.4 is 4.90 Å². The van der Waals surface area contributed by atoms with Crippen molar-refractivity contribution in [3.63, 3.8) is 0 Å². The van der Waals surface area contributed by atoms with Gasteiger partial charge < -0.3 is 9.88 Å². The van der Waals surface area contributed by atoms with E-state index in [0.717, 1.165) is 13.0 Å². The molecule has 0 radical (unpaired) electrons. The van der Waals surface area contributed by atoms with Gasteiger partial charge in [0.25, 0.3) is 0 Å². The van der Waals surface area contributed by atoms with Crippen molar-refractivity contribution in [1.82, 2.24) is 4.98 Å². The van der Waals surface area contributed by atoms with Gasteiger partial charge in [-0.2, -0.15) is 0 Å². The molecule has 0 fully saturated rings. The predicted molar refractivity (Wildman–Crippen MR) is 191 cm³/mol. The molecule has 0 amide bonds. The number of fused-ring (bicyclic) bond motifs is 13. The number of hydrogen-bond donors (Lipinski definition) is 1. The maximum absolute atomic E-state index is 3.69. The van der Waals surface area contributed by atoms with Gasteiger partial charge in [0.15, 0.2) is 0 Å². The molecule has 218 valence electrons. The molecule has 1 aromatic heterocycles. The minimum atomic E-state index is -0.352. The lowest BCUT2D eigenvalue weighted by atomic mass is 9.70. The highest BCUT2D eigenvalue weighted by Gasteiger charge is 2.51. The van der Waals surface area contributed by atoms with E-state index >= 15 is 0 Å². The highest BCUT2D eigenvalue weighted by molar-refractivity contribution is 5.96. The van der Waals surface area contributed by atoms with Crippen molar-refractivity contribution in [2.45, 2.75) is 17.8 Å². The van der Waals surface area contributed by atoms with E-state index in [1.165, 1.54) is 78.0 Å². The largest absolute Gasteiger partial charge is 0.355 e. The molecule has 7 aromatic rings. The van der Waals surface area contributed by atoms with E-state index in [4.69, 9.17) is 0 Å². The molecule has 1 N–H and O–H groups in total. The number of nitrogens with one attached hydrogen (secondary N) is 1. The average Bonchev–Trinajstić information content (AvgIpc) is 3.75. The van der Waals surface area contributed by atoms with Crippen LogP contribution in [0.15, 0.2) is 152 Å². The third-order valence-corrected chi connectivity index (χ3v) is 10.7. The fourth-order valence-electron chi connectivity index (χ4n) is 8.83. The fourth-order valence-corrected chi connectivity index (χ4v) is 8.83. The van der Waals surface area contributed by atoms with Crippen molar-refractivity contribution < 1.29 is 0 Å². The summed E-state index contributed by atoms with van der Waals surface area (Å²) in [6.45, 7) is 0.884. The van der Waals surface area contributed by atoms with Crippen molar-refractivity contribution in [3.05, 3.63) is 185 Å². The molecule has 46 heavy (non-hydrogen) atoms. The van der Waals surface area contributed by atoms with E-state index in [-0.39, 0.29) is 5.41 Å². The first kappa shape index (κ1) is 25.7. The van der Waals surface area contributed by atoms with Crippen LogP contribution in [-0.4, -0.2) is 11.5 Å². The maximum Gasteiger partial charge on any atom is 0.0726 e. The van der Waals surface area contributed by atoms with E-state index in [2.05, 4.69) is 168 Å². The first-order valence-corrected chi connectivity index (χ1v) is 16.4. The smallest absolute Gasteiger partial charge is 0.0726 e. The van der Waals surface area contributed by atoms with Crippen molar-refractivity contribution in [3.8, 4) is 22.3 Å². The fraction of sp³-hybridized carbons (Fsp3) is 0.0909. The van der Waals surface area contributed by atoms with E-state index in [1.807, 2.05) is 0 Å². The van der Waals surface area contributed by atoms with Crippen molar-refractivity contribution >= 4 is 28.4 Å². The zero-order valence-corrected chi connectivity index (χ0v) is 25.4. The van der Waals surface area contributed by atoms with Crippen LogP contribution in [0.25, 0.3) is 39.2 Å². The SMILES string of the molecule is C1=Cc2[nH]c3ccccc3c2C(CN(c2ccccc2)c2ccc3c(c2)C2(c4ccccc4-c4ccccc42)c2ccccc2-3)C1. The highest BCUT2D eigenvalue weighted by Crippen LogP contribution is 2.63. The van der Waals surface area contributed by atoms with Crippen molar-refractivity contribution in [1.29, 1.82) is 0 Å². The Morgan fingerprint density at radius 3 is 1.85 bits per heavy atom. The number of hydrogen-bond acceptors (Lipinski definition) is 1. The third kappa shape index (κ3) is 3.42. The molecule has 1 atom stereocenters. The van der Waals surface area contributed by atoms with Crippen LogP contribution >= 0.6 is 0 Å². The number of para-hydroxylation sites is 2. The quantitative estimate of drug-likeness (QED) is 0.217. The molecular weight excluding hydrogens is 556 g/mol. The van der Waals surface area contributed by atoms with Gasteiger partial charge in [-0.1, -0.05) is 121 Å². The summed E-state index contributed by atoms with van der Waals surface area (Å²) in [5.41, 5.74) is 16.9. The first-order chi connectivity index (χ1) is 22.8. The van der Waals surface area contributed by atoms with E-state index in [9.17, 15) is 0 Å². The Morgan fingerprint density at radius 2 is 1.15 bits per heavy atom. The maximum atomic E-state index is 3.69. The summed E-state index contributed by atoms with van der Waals surface area (Å²) in [6.07, 6.45) is 5.62. The topological polar surface area (TPSA) is 19.0 Å². The Bertz CT molecular complexity index is 2280. The molecule has 1 unspecified atom stereocenters. The van der Waals surface area contributed by atoms with Gasteiger partial charge in [-0.3, -0.25) is 0 Å². The number of aromatic amines is 1. The van der Waals surface area contributed by atoms with Crippen LogP contribution in [0.2, 0.25) is 0 Å². The highest BCUT2D eigenvalue weighted by atomic mass is 15.1. The average molecular weight is 589 g/mol. The Labute approximate surface area is 269 Å². The number of rotatable bonds is 4. The first-order valence-electron chi connectivity index (χ1n) is 16.4. The van der Waals surface area contributed by atoms with Crippen LogP contribution in [-0.2, 0) is 5.41 Å². The molecule has 2 heteroatoms. The molecule has 1 heterocycles. The minimum absolute atomic E-state index is 0.351. The van der Waals surface area contributed by atoms with Gasteiger partial charge in [0.05, 0.1) is 5.41 Å². The Hall–Kier alpha value is -5.60. The second kappa shape index (κ2) is 9.70. The number of H-pyrrole nitrogens is 1. The van der Waals surface area contributed by atoms with Gasteiger partial charge in [-0.25, -0.2) is 0 Å². The molecule has 3 aliphatic rings. The molecule has 0 aliphatic heterocycles. The summed E-state index contributed by atoms with van der Waals surface area (Å²) in [5.74, 6) is 0.351. The van der Waals surface area contributed by atoms with Gasteiger partial charge in [0, 0.05) is 40.4 Å². The zero-order chi connectivity index (χ0) is 30.2. The normalized spacial score (nSPS) is 16.1. The molecule has 10 rings (SSSR count). The monoisotopic (exact) mass is 588 g/mol. The van der Waals surface area contributed by atoms with E-state index in [1.54, 1.807) is 0 Å². The third-order valence-electron chi connectivity index (χ3n) is 10.7. The molecule has 0 bridgehead atoms. The number of nitrogens with zero attached hydrogens (tertiary/aromatic N) is 1. The molecule has 0 saturated heterocycles. The summed E-state index contributed by atoms with van der Waals surface area (Å²) >= 11 is 0. The minimum Gasteiger partial charge on any atom is -0.355 e. The number of anilines is 2. The number of aromatic nitrogens is 1. The van der Waals surface area contributed by atoms with Gasteiger partial charge in [-0.05, 0) is 92.9 Å². The molecule has 1 spiro atoms. The molecule has 0 saturated carbocycles. The summed E-state index contributed by atoms with van der Waals surface area (Å²) in [6, 6.07) is 54.1. The molecule has 3 aliphatic carbocycles. The van der Waals surface area contributed by atoms with Gasteiger partial charge in [-0.15, -0.1) is 0 Å². The van der Waals surface area contributed by atoms with Crippen molar-refractivity contribution in [2.24, 2.45) is 0 Å². The van der Waals surface area contributed by atoms with Crippen LogP contribution in [0.4, 0.5) is 11.4 Å². The van der Waals surface area contributed by atoms with Gasteiger partial charge in [0.1, 0.15) is 0 Å². The summed E-state index contributed by atoms with van der Waals surface area (Å²) in [4.78, 5) is 6.24. The van der Waals surface area contributed by atoms with Gasteiger partial charge >= 0.3 is 0 Å². The second-order valence-electron chi connectivity index (χ2n) is 12.9. The molecule has 6 aromatic carbocycles. The van der Waals surface area contributed by atoms with Crippen LogP contribution in [0, 0.1) is 0 Å². The lowest BCUT2D eigenvalue weighted by molar-refractivity contribution is 0.693. The Morgan fingerprint density at radius 1 is 0.565 bits per heavy atom. The van der Waals surface area contributed by atoms with Crippen LogP contribution in [0.1, 0.15) is 45.8 Å². The summed E-state index contributed by atoms with van der Waals surface area (Å²) < 4.78 is 0. The molecule has 2 nitrogen and oxygen atoms in total. The summed E-state index contributed by atoms with van der Waals surface area (Å²) in [7, 11) is 0. The Balaban J connectivity index is 1.19. The lowest BCUT2D eigenvalue weighted by Crippen LogP contribution is -2.27. The van der Waals surface area contributed by atoms with E-state index in [0.29, 0.717) is 5.92 Å². The van der Waals surface area contributed by atoms with Crippen LogP contribution in [0.5, 0.6) is 0 Å². The second-order valence-corrected chi connectivity index (χ2v) is 12.9. The van der Waals surface area contributed by atoms with E-state index < -0.39 is 0 Å². The zero-order valence-electron chi connectivity index (χ0n) is 25.4. The van der Waals surface area contributed by atoms with Crippen LogP contribution in [0.3, 0.4) is 0 Å². The number of allylic oxidation sites excluding steroid dienone is 1. The predicted octanol–water partition coefficient (Wildman–Crippen LogP) is 10.9. The lowest BCUT2D eigenvalue weighted by Gasteiger charge is -2.33.